The SMILES string of the molecule is O=C(CSc1nc2scc(C3CC3)c2c(=O)n1-c1ccccc1)N1CCCCCC1. The number of para-hydroxylation sites is 1. The number of thioether (sulfide) groups is 1. The molecular formula is C23H25N3O2S2. The monoisotopic (exact) mass is 439 g/mol. The van der Waals surface area contributed by atoms with Crippen molar-refractivity contribution in [3.63, 3.8) is 0 Å². The minimum absolute atomic E-state index is 0.0147. The molecular weight excluding hydrogens is 414 g/mol. The third-order valence-electron chi connectivity index (χ3n) is 5.92. The molecule has 7 heteroatoms. The lowest BCUT2D eigenvalue weighted by Gasteiger charge is -2.20. The molecule has 0 N–H and O–H groups in total. The fourth-order valence-corrected chi connectivity index (χ4v) is 6.10. The number of thiophene rings is 1. The van der Waals surface area contributed by atoms with Crippen molar-refractivity contribution in [3.8, 4) is 5.69 Å². The van der Waals surface area contributed by atoms with Gasteiger partial charge in [-0.3, -0.25) is 14.2 Å². The molecule has 0 atom stereocenters. The fourth-order valence-electron chi connectivity index (χ4n) is 4.13. The summed E-state index contributed by atoms with van der Waals surface area (Å²) < 4.78 is 1.70. The van der Waals surface area contributed by atoms with E-state index in [4.69, 9.17) is 4.98 Å². The molecule has 1 amide bonds. The van der Waals surface area contributed by atoms with Crippen LogP contribution in [0.5, 0.6) is 0 Å². The van der Waals surface area contributed by atoms with Crippen LogP contribution in [-0.2, 0) is 4.79 Å². The zero-order chi connectivity index (χ0) is 20.5. The van der Waals surface area contributed by atoms with Crippen LogP contribution >= 0.6 is 23.1 Å². The van der Waals surface area contributed by atoms with Crippen LogP contribution in [0.4, 0.5) is 0 Å². The van der Waals surface area contributed by atoms with Crippen LogP contribution < -0.4 is 5.56 Å². The average molecular weight is 440 g/mol. The van der Waals surface area contributed by atoms with Gasteiger partial charge in [-0.1, -0.05) is 42.8 Å². The van der Waals surface area contributed by atoms with Crippen LogP contribution in [0.15, 0.2) is 45.7 Å². The first kappa shape index (κ1) is 19.8. The van der Waals surface area contributed by atoms with Crippen molar-refractivity contribution in [2.75, 3.05) is 18.8 Å². The second kappa shape index (κ2) is 8.55. The van der Waals surface area contributed by atoms with Gasteiger partial charge in [0.15, 0.2) is 5.16 Å². The van der Waals surface area contributed by atoms with Crippen LogP contribution in [0, 0.1) is 0 Å². The van der Waals surface area contributed by atoms with E-state index in [1.165, 1.54) is 24.6 Å². The van der Waals surface area contributed by atoms with Gasteiger partial charge in [-0.25, -0.2) is 4.98 Å². The maximum atomic E-state index is 13.6. The van der Waals surface area contributed by atoms with E-state index >= 15 is 0 Å². The molecule has 0 bridgehead atoms. The van der Waals surface area contributed by atoms with E-state index < -0.39 is 0 Å². The van der Waals surface area contributed by atoms with Crippen molar-refractivity contribution in [3.05, 3.63) is 51.6 Å². The summed E-state index contributed by atoms with van der Waals surface area (Å²) in [6.45, 7) is 1.68. The summed E-state index contributed by atoms with van der Waals surface area (Å²) in [5, 5.41) is 3.46. The number of likely N-dealkylation sites (tertiary alicyclic amines) is 1. The lowest BCUT2D eigenvalue weighted by Crippen LogP contribution is -2.33. The number of hydrogen-bond donors (Lipinski definition) is 0. The zero-order valence-corrected chi connectivity index (χ0v) is 18.5. The first-order chi connectivity index (χ1) is 14.7. The zero-order valence-electron chi connectivity index (χ0n) is 16.9. The molecule has 0 radical (unpaired) electrons. The average Bonchev–Trinajstić information content (AvgIpc) is 3.57. The molecule has 1 aromatic carbocycles. The largest absolute Gasteiger partial charge is 0.342 e. The van der Waals surface area contributed by atoms with Crippen molar-refractivity contribution < 1.29 is 4.79 Å². The first-order valence-corrected chi connectivity index (χ1v) is 12.6. The number of aromatic nitrogens is 2. The van der Waals surface area contributed by atoms with E-state index in [0.717, 1.165) is 60.2 Å². The van der Waals surface area contributed by atoms with E-state index in [1.807, 2.05) is 35.2 Å². The lowest BCUT2D eigenvalue weighted by molar-refractivity contribution is -0.128. The molecule has 30 heavy (non-hydrogen) atoms. The maximum absolute atomic E-state index is 13.6. The first-order valence-electron chi connectivity index (χ1n) is 10.7. The van der Waals surface area contributed by atoms with Gasteiger partial charge in [-0.15, -0.1) is 11.3 Å². The van der Waals surface area contributed by atoms with Crippen molar-refractivity contribution in [2.45, 2.75) is 49.6 Å². The number of carbonyl (C=O) groups is 1. The Bertz CT molecular complexity index is 1110. The highest BCUT2D eigenvalue weighted by molar-refractivity contribution is 7.99. The third-order valence-corrected chi connectivity index (χ3v) is 7.73. The second-order valence-corrected chi connectivity index (χ2v) is 9.90. The molecule has 0 unspecified atom stereocenters. The van der Waals surface area contributed by atoms with Gasteiger partial charge in [-0.05, 0) is 54.7 Å². The predicted octanol–water partition coefficient (Wildman–Crippen LogP) is 4.82. The van der Waals surface area contributed by atoms with Gasteiger partial charge in [0.25, 0.3) is 5.56 Å². The number of nitrogens with zero attached hydrogens (tertiary/aromatic N) is 3. The van der Waals surface area contributed by atoms with Crippen molar-refractivity contribution in [1.29, 1.82) is 0 Å². The number of rotatable bonds is 5. The number of hydrogen-bond acceptors (Lipinski definition) is 5. The maximum Gasteiger partial charge on any atom is 0.267 e. The molecule has 1 aliphatic carbocycles. The minimum Gasteiger partial charge on any atom is -0.342 e. The molecule has 0 spiro atoms. The van der Waals surface area contributed by atoms with Crippen molar-refractivity contribution in [2.24, 2.45) is 0 Å². The summed E-state index contributed by atoms with van der Waals surface area (Å²) in [6, 6.07) is 9.66. The Morgan fingerprint density at radius 3 is 2.53 bits per heavy atom. The molecule has 1 saturated carbocycles. The van der Waals surface area contributed by atoms with Crippen LogP contribution in [-0.4, -0.2) is 39.2 Å². The summed E-state index contributed by atoms with van der Waals surface area (Å²) in [5.74, 6) is 0.951. The molecule has 1 saturated heterocycles. The number of amides is 1. The summed E-state index contributed by atoms with van der Waals surface area (Å²) in [7, 11) is 0. The Hall–Kier alpha value is -2.12. The van der Waals surface area contributed by atoms with Crippen LogP contribution in [0.25, 0.3) is 15.9 Å². The number of carbonyl (C=O) groups excluding carboxylic acids is 1. The topological polar surface area (TPSA) is 55.2 Å². The molecule has 5 nitrogen and oxygen atoms in total. The van der Waals surface area contributed by atoms with Gasteiger partial charge in [-0.2, -0.15) is 0 Å². The molecule has 1 aliphatic heterocycles. The van der Waals surface area contributed by atoms with Gasteiger partial charge in [0, 0.05) is 13.1 Å². The van der Waals surface area contributed by atoms with Crippen LogP contribution in [0.1, 0.15) is 50.0 Å². The van der Waals surface area contributed by atoms with E-state index in [1.54, 1.807) is 15.9 Å². The predicted molar refractivity (Wildman–Crippen MR) is 123 cm³/mol. The highest BCUT2D eigenvalue weighted by Crippen LogP contribution is 2.44. The van der Waals surface area contributed by atoms with Gasteiger partial charge in [0.2, 0.25) is 5.91 Å². The smallest absolute Gasteiger partial charge is 0.267 e. The van der Waals surface area contributed by atoms with Crippen molar-refractivity contribution in [1.82, 2.24) is 14.5 Å². The molecule has 2 aromatic heterocycles. The number of benzene rings is 1. The Kier molecular flexibility index (Phi) is 5.65. The highest BCUT2D eigenvalue weighted by Gasteiger charge is 2.29. The Labute approximate surface area is 184 Å². The Morgan fingerprint density at radius 1 is 1.10 bits per heavy atom. The summed E-state index contributed by atoms with van der Waals surface area (Å²) in [4.78, 5) is 34.0. The van der Waals surface area contributed by atoms with Gasteiger partial charge < -0.3 is 4.90 Å². The Morgan fingerprint density at radius 2 is 1.83 bits per heavy atom. The fraction of sp³-hybridized carbons (Fsp3) is 0.435. The summed E-state index contributed by atoms with van der Waals surface area (Å²) >= 11 is 2.93. The van der Waals surface area contributed by atoms with E-state index in [0.29, 0.717) is 16.8 Å². The van der Waals surface area contributed by atoms with Gasteiger partial charge >= 0.3 is 0 Å². The van der Waals surface area contributed by atoms with Gasteiger partial charge in [0.05, 0.1) is 16.8 Å². The van der Waals surface area contributed by atoms with E-state index in [9.17, 15) is 9.59 Å². The molecule has 5 rings (SSSR count). The molecule has 156 valence electrons. The normalized spacial score (nSPS) is 17.3. The molecule has 2 aliphatic rings. The van der Waals surface area contributed by atoms with E-state index in [-0.39, 0.29) is 11.5 Å². The van der Waals surface area contributed by atoms with Crippen LogP contribution in [0.2, 0.25) is 0 Å². The van der Waals surface area contributed by atoms with Crippen LogP contribution in [0.3, 0.4) is 0 Å². The third kappa shape index (κ3) is 3.93. The Balaban J connectivity index is 1.50. The minimum atomic E-state index is -0.0147. The molecule has 2 fully saturated rings. The molecule has 3 aromatic rings. The highest BCUT2D eigenvalue weighted by atomic mass is 32.2. The molecule has 3 heterocycles. The van der Waals surface area contributed by atoms with Crippen molar-refractivity contribution >= 4 is 39.2 Å². The van der Waals surface area contributed by atoms with Gasteiger partial charge in [0.1, 0.15) is 4.83 Å². The van der Waals surface area contributed by atoms with E-state index in [2.05, 4.69) is 5.38 Å². The summed E-state index contributed by atoms with van der Waals surface area (Å²) in [6.07, 6.45) is 6.85. The quantitative estimate of drug-likeness (QED) is 0.422. The summed E-state index contributed by atoms with van der Waals surface area (Å²) in [5.41, 5.74) is 1.93. The number of fused-ring (bicyclic) bond motifs is 1. The lowest BCUT2D eigenvalue weighted by atomic mass is 10.1. The second-order valence-electron chi connectivity index (χ2n) is 8.10. The standard InChI is InChI=1S/C23H25N3O2S2/c27-19(25-12-6-1-2-7-13-25)15-30-23-24-21-20(18(14-29-21)16-10-11-16)22(28)26(23)17-8-4-3-5-9-17/h3-5,8-9,14,16H,1-2,6-7,10-13,15H2.